The summed E-state index contributed by atoms with van der Waals surface area (Å²) in [6.07, 6.45) is 4.96. The Morgan fingerprint density at radius 3 is 2.53 bits per heavy atom. The Hall–Kier alpha value is -3.02. The SMILES string of the molecule is CCOc1ccc2c(F)c(-c3ccc(NC(=O)OC(C)C4CC4)cc3)n(C3CCC3)c2c1. The van der Waals surface area contributed by atoms with E-state index in [1.807, 2.05) is 38.1 Å². The van der Waals surface area contributed by atoms with Gasteiger partial charge in [-0.3, -0.25) is 5.32 Å². The normalized spacial score (nSPS) is 17.1. The maximum absolute atomic E-state index is 15.6. The number of aromatic nitrogens is 1. The predicted molar refractivity (Wildman–Crippen MR) is 124 cm³/mol. The molecule has 5 nitrogen and oxygen atoms in total. The molecule has 1 N–H and O–H groups in total. The smallest absolute Gasteiger partial charge is 0.411 e. The van der Waals surface area contributed by atoms with E-state index in [1.165, 1.54) is 0 Å². The van der Waals surface area contributed by atoms with Gasteiger partial charge in [-0.2, -0.15) is 0 Å². The third-order valence-electron chi connectivity index (χ3n) is 6.65. The van der Waals surface area contributed by atoms with E-state index in [9.17, 15) is 4.79 Å². The topological polar surface area (TPSA) is 52.5 Å². The molecule has 3 aromatic rings. The minimum atomic E-state index is -0.449. The van der Waals surface area contributed by atoms with Crippen molar-refractivity contribution < 1.29 is 18.7 Å². The van der Waals surface area contributed by atoms with Crippen LogP contribution >= 0.6 is 0 Å². The lowest BCUT2D eigenvalue weighted by Gasteiger charge is -2.30. The van der Waals surface area contributed by atoms with Gasteiger partial charge in [0.25, 0.3) is 0 Å². The molecule has 2 aliphatic carbocycles. The third kappa shape index (κ3) is 3.94. The molecule has 0 bridgehead atoms. The molecular formula is C26H29FN2O3. The predicted octanol–water partition coefficient (Wildman–Crippen LogP) is 6.92. The fourth-order valence-electron chi connectivity index (χ4n) is 4.49. The molecule has 1 amide bonds. The molecule has 5 rings (SSSR count). The number of anilines is 1. The number of hydrogen-bond acceptors (Lipinski definition) is 3. The van der Waals surface area contributed by atoms with Crippen LogP contribution in [-0.2, 0) is 4.74 Å². The summed E-state index contributed by atoms with van der Waals surface area (Å²) < 4.78 is 28.8. The minimum Gasteiger partial charge on any atom is -0.494 e. The fraction of sp³-hybridized carbons (Fsp3) is 0.423. The molecule has 6 heteroatoms. The first-order valence-corrected chi connectivity index (χ1v) is 11.6. The van der Waals surface area contributed by atoms with E-state index in [4.69, 9.17) is 9.47 Å². The summed E-state index contributed by atoms with van der Waals surface area (Å²) in [6.45, 7) is 4.44. The van der Waals surface area contributed by atoms with Crippen molar-refractivity contribution in [2.45, 2.75) is 58.1 Å². The first-order valence-electron chi connectivity index (χ1n) is 11.6. The highest BCUT2D eigenvalue weighted by atomic mass is 19.1. The number of nitrogens with one attached hydrogen (secondary N) is 1. The zero-order chi connectivity index (χ0) is 22.2. The zero-order valence-electron chi connectivity index (χ0n) is 18.6. The average Bonchev–Trinajstić information content (AvgIpc) is 3.55. The van der Waals surface area contributed by atoms with Crippen molar-refractivity contribution in [3.63, 3.8) is 0 Å². The summed E-state index contributed by atoms with van der Waals surface area (Å²) in [5.41, 5.74) is 2.88. The summed E-state index contributed by atoms with van der Waals surface area (Å²) in [7, 11) is 0. The number of rotatable bonds is 7. The van der Waals surface area contributed by atoms with Crippen molar-refractivity contribution in [2.75, 3.05) is 11.9 Å². The summed E-state index contributed by atoms with van der Waals surface area (Å²) in [4.78, 5) is 12.1. The zero-order valence-corrected chi connectivity index (χ0v) is 18.6. The Bertz CT molecular complexity index is 1130. The van der Waals surface area contributed by atoms with Crippen molar-refractivity contribution in [3.8, 4) is 17.0 Å². The van der Waals surface area contributed by atoms with E-state index in [0.717, 1.165) is 48.9 Å². The van der Waals surface area contributed by atoms with Crippen LogP contribution in [0.4, 0.5) is 14.9 Å². The Kier molecular flexibility index (Phi) is 5.53. The van der Waals surface area contributed by atoms with Crippen molar-refractivity contribution in [1.29, 1.82) is 0 Å². The van der Waals surface area contributed by atoms with Crippen LogP contribution < -0.4 is 10.1 Å². The van der Waals surface area contributed by atoms with Gasteiger partial charge < -0.3 is 14.0 Å². The van der Waals surface area contributed by atoms with E-state index in [2.05, 4.69) is 9.88 Å². The number of benzene rings is 2. The first-order chi connectivity index (χ1) is 15.5. The van der Waals surface area contributed by atoms with Crippen molar-refractivity contribution in [2.24, 2.45) is 5.92 Å². The molecule has 2 aromatic carbocycles. The number of ether oxygens (including phenoxy) is 2. The van der Waals surface area contributed by atoms with Gasteiger partial charge in [0.1, 0.15) is 11.9 Å². The second-order valence-corrected chi connectivity index (χ2v) is 8.88. The lowest BCUT2D eigenvalue weighted by molar-refractivity contribution is 0.108. The molecule has 1 unspecified atom stereocenters. The summed E-state index contributed by atoms with van der Waals surface area (Å²) >= 11 is 0. The van der Waals surface area contributed by atoms with Crippen LogP contribution in [0, 0.1) is 11.7 Å². The quantitative estimate of drug-likeness (QED) is 0.437. The van der Waals surface area contributed by atoms with E-state index in [0.29, 0.717) is 29.3 Å². The van der Waals surface area contributed by atoms with Crippen LogP contribution in [0.3, 0.4) is 0 Å². The Labute approximate surface area is 187 Å². The fourth-order valence-corrected chi connectivity index (χ4v) is 4.49. The van der Waals surface area contributed by atoms with E-state index in [1.54, 1.807) is 18.2 Å². The monoisotopic (exact) mass is 436 g/mol. The minimum absolute atomic E-state index is 0.0665. The standard InChI is InChI=1S/C26H29FN2O3/c1-3-31-21-13-14-22-23(15-21)29(20-5-4-6-20)25(24(22)27)18-9-11-19(12-10-18)28-26(30)32-16(2)17-7-8-17/h9-17,20H,3-8H2,1-2H3,(H,28,30). The average molecular weight is 437 g/mol. The van der Waals surface area contributed by atoms with Crippen LogP contribution in [-0.4, -0.2) is 23.4 Å². The maximum atomic E-state index is 15.6. The highest BCUT2D eigenvalue weighted by Crippen LogP contribution is 2.43. The largest absolute Gasteiger partial charge is 0.494 e. The van der Waals surface area contributed by atoms with E-state index >= 15 is 4.39 Å². The van der Waals surface area contributed by atoms with Gasteiger partial charge in [-0.1, -0.05) is 12.1 Å². The molecule has 168 valence electrons. The van der Waals surface area contributed by atoms with Crippen LogP contribution in [0.25, 0.3) is 22.2 Å². The number of carbonyl (C=O) groups is 1. The molecule has 1 atom stereocenters. The molecule has 2 saturated carbocycles. The van der Waals surface area contributed by atoms with Crippen LogP contribution in [0.2, 0.25) is 0 Å². The number of nitrogens with zero attached hydrogens (tertiary/aromatic N) is 1. The first kappa shape index (κ1) is 20.9. The lowest BCUT2D eigenvalue weighted by atomic mass is 9.92. The molecule has 32 heavy (non-hydrogen) atoms. The second kappa shape index (κ2) is 8.49. The highest BCUT2D eigenvalue weighted by molar-refractivity contribution is 5.90. The Morgan fingerprint density at radius 2 is 1.91 bits per heavy atom. The number of halogens is 1. The van der Waals surface area contributed by atoms with Gasteiger partial charge in [-0.05, 0) is 76.1 Å². The number of hydrogen-bond donors (Lipinski definition) is 1. The molecule has 0 aliphatic heterocycles. The van der Waals surface area contributed by atoms with Crippen LogP contribution in [0.15, 0.2) is 42.5 Å². The highest BCUT2D eigenvalue weighted by Gasteiger charge is 2.31. The Morgan fingerprint density at radius 1 is 1.16 bits per heavy atom. The van der Waals surface area contributed by atoms with Crippen LogP contribution in [0.5, 0.6) is 5.75 Å². The molecular weight excluding hydrogens is 407 g/mol. The second-order valence-electron chi connectivity index (χ2n) is 8.88. The molecule has 0 radical (unpaired) electrons. The molecule has 1 aromatic heterocycles. The summed E-state index contributed by atoms with van der Waals surface area (Å²) in [5, 5.41) is 3.39. The molecule has 2 aliphatic rings. The lowest BCUT2D eigenvalue weighted by Crippen LogP contribution is -2.21. The van der Waals surface area contributed by atoms with Gasteiger partial charge in [-0.15, -0.1) is 0 Å². The van der Waals surface area contributed by atoms with Gasteiger partial charge in [-0.25, -0.2) is 9.18 Å². The number of amides is 1. The maximum Gasteiger partial charge on any atom is 0.411 e. The summed E-state index contributed by atoms with van der Waals surface area (Å²) in [6, 6.07) is 13.2. The Balaban J connectivity index is 1.44. The molecule has 0 spiro atoms. The third-order valence-corrected chi connectivity index (χ3v) is 6.65. The van der Waals surface area contributed by atoms with Crippen LogP contribution in [0.1, 0.15) is 52.0 Å². The molecule has 2 fully saturated rings. The van der Waals surface area contributed by atoms with E-state index < -0.39 is 6.09 Å². The molecule has 1 heterocycles. The van der Waals surface area contributed by atoms with Gasteiger partial charge in [0.15, 0.2) is 5.82 Å². The van der Waals surface area contributed by atoms with Gasteiger partial charge in [0.05, 0.1) is 17.8 Å². The number of carbonyl (C=O) groups excluding carboxylic acids is 1. The van der Waals surface area contributed by atoms with Gasteiger partial charge in [0, 0.05) is 28.7 Å². The van der Waals surface area contributed by atoms with Gasteiger partial charge in [0.2, 0.25) is 0 Å². The summed E-state index contributed by atoms with van der Waals surface area (Å²) in [5.74, 6) is 1.03. The van der Waals surface area contributed by atoms with Crippen molar-refractivity contribution in [1.82, 2.24) is 4.57 Å². The van der Waals surface area contributed by atoms with Crippen molar-refractivity contribution >= 4 is 22.7 Å². The number of fused-ring (bicyclic) bond motifs is 1. The van der Waals surface area contributed by atoms with Crippen molar-refractivity contribution in [3.05, 3.63) is 48.3 Å². The van der Waals surface area contributed by atoms with Gasteiger partial charge >= 0.3 is 6.09 Å². The molecule has 0 saturated heterocycles. The van der Waals surface area contributed by atoms with E-state index in [-0.39, 0.29) is 18.0 Å².